The van der Waals surface area contributed by atoms with E-state index in [2.05, 4.69) is 41.2 Å². The zero-order valence-electron chi connectivity index (χ0n) is 10.4. The second kappa shape index (κ2) is 8.01. The highest BCUT2D eigenvalue weighted by molar-refractivity contribution is 7.99. The van der Waals surface area contributed by atoms with Crippen molar-refractivity contribution in [3.63, 3.8) is 0 Å². The van der Waals surface area contributed by atoms with E-state index in [9.17, 15) is 4.79 Å². The predicted octanol–water partition coefficient (Wildman–Crippen LogP) is 3.16. The largest absolute Gasteiger partial charge is 0.469 e. The molecule has 94 valence electrons. The first-order chi connectivity index (χ1) is 8.26. The molecule has 0 aromatic heterocycles. The van der Waals surface area contributed by atoms with E-state index in [1.165, 1.54) is 12.0 Å². The standard InChI is InChI=1S/C13H19NO2S/c1-3-17-12-8-6-11(7-9-12)14-10-4-5-13(15)16-2/h6-9,14H,3-5,10H2,1-2H3. The van der Waals surface area contributed by atoms with Gasteiger partial charge in [0.05, 0.1) is 7.11 Å². The lowest BCUT2D eigenvalue weighted by molar-refractivity contribution is -0.140. The summed E-state index contributed by atoms with van der Waals surface area (Å²) in [6.07, 6.45) is 1.26. The average Bonchev–Trinajstić information content (AvgIpc) is 2.36. The van der Waals surface area contributed by atoms with Crippen LogP contribution in [0.3, 0.4) is 0 Å². The number of carbonyl (C=O) groups is 1. The summed E-state index contributed by atoms with van der Waals surface area (Å²) in [5.74, 6) is 0.938. The molecule has 0 aliphatic rings. The third-order valence-electron chi connectivity index (χ3n) is 2.28. The van der Waals surface area contributed by atoms with Gasteiger partial charge in [0.15, 0.2) is 0 Å². The maximum atomic E-state index is 10.9. The van der Waals surface area contributed by atoms with Gasteiger partial charge in [-0.25, -0.2) is 0 Å². The molecule has 1 N–H and O–H groups in total. The first-order valence-corrected chi connectivity index (χ1v) is 6.78. The van der Waals surface area contributed by atoms with Crippen molar-refractivity contribution in [1.29, 1.82) is 0 Å². The van der Waals surface area contributed by atoms with Crippen molar-refractivity contribution in [1.82, 2.24) is 0 Å². The molecule has 0 radical (unpaired) electrons. The molecule has 3 nitrogen and oxygen atoms in total. The fourth-order valence-electron chi connectivity index (χ4n) is 1.40. The lowest BCUT2D eigenvalue weighted by Crippen LogP contribution is -2.06. The normalized spacial score (nSPS) is 10.0. The zero-order valence-corrected chi connectivity index (χ0v) is 11.2. The lowest BCUT2D eigenvalue weighted by atomic mass is 10.3. The van der Waals surface area contributed by atoms with Crippen molar-refractivity contribution in [2.75, 3.05) is 24.7 Å². The quantitative estimate of drug-likeness (QED) is 0.460. The van der Waals surface area contributed by atoms with Crippen LogP contribution in [0.2, 0.25) is 0 Å². The van der Waals surface area contributed by atoms with Gasteiger partial charge in [0.25, 0.3) is 0 Å². The number of hydrogen-bond acceptors (Lipinski definition) is 4. The third-order valence-corrected chi connectivity index (χ3v) is 3.17. The van der Waals surface area contributed by atoms with Gasteiger partial charge in [0.1, 0.15) is 0 Å². The molecule has 17 heavy (non-hydrogen) atoms. The Labute approximate surface area is 107 Å². The minimum Gasteiger partial charge on any atom is -0.469 e. The van der Waals surface area contributed by atoms with E-state index >= 15 is 0 Å². The van der Waals surface area contributed by atoms with Gasteiger partial charge in [0, 0.05) is 23.5 Å². The van der Waals surface area contributed by atoms with E-state index < -0.39 is 0 Å². The fourth-order valence-corrected chi connectivity index (χ4v) is 2.07. The molecule has 0 bridgehead atoms. The number of thioether (sulfide) groups is 1. The van der Waals surface area contributed by atoms with Gasteiger partial charge in [-0.05, 0) is 36.4 Å². The summed E-state index contributed by atoms with van der Waals surface area (Å²) in [6, 6.07) is 8.35. The summed E-state index contributed by atoms with van der Waals surface area (Å²) in [5, 5.41) is 3.28. The van der Waals surface area contributed by atoms with Gasteiger partial charge >= 0.3 is 5.97 Å². The van der Waals surface area contributed by atoms with Crippen LogP contribution in [0.5, 0.6) is 0 Å². The number of hydrogen-bond donors (Lipinski definition) is 1. The molecule has 1 aromatic rings. The SMILES string of the molecule is CCSc1ccc(NCCCC(=O)OC)cc1. The Morgan fingerprint density at radius 2 is 2.06 bits per heavy atom. The van der Waals surface area contributed by atoms with Crippen LogP contribution >= 0.6 is 11.8 Å². The summed E-state index contributed by atoms with van der Waals surface area (Å²) in [4.78, 5) is 12.2. The number of benzene rings is 1. The molecule has 0 spiro atoms. The number of esters is 1. The van der Waals surface area contributed by atoms with E-state index in [1.807, 2.05) is 11.8 Å². The molecule has 0 aliphatic heterocycles. The van der Waals surface area contributed by atoms with Crippen molar-refractivity contribution >= 4 is 23.4 Å². The van der Waals surface area contributed by atoms with Crippen LogP contribution < -0.4 is 5.32 Å². The summed E-state index contributed by atoms with van der Waals surface area (Å²) >= 11 is 1.83. The molecular formula is C13H19NO2S. The molecule has 4 heteroatoms. The van der Waals surface area contributed by atoms with Crippen LogP contribution in [-0.2, 0) is 9.53 Å². The Kier molecular flexibility index (Phi) is 6.55. The first-order valence-electron chi connectivity index (χ1n) is 5.79. The molecule has 1 rings (SSSR count). The number of methoxy groups -OCH3 is 1. The number of ether oxygens (including phenoxy) is 1. The summed E-state index contributed by atoms with van der Waals surface area (Å²) in [5.41, 5.74) is 1.09. The van der Waals surface area contributed by atoms with Crippen LogP contribution in [0.4, 0.5) is 5.69 Å². The van der Waals surface area contributed by atoms with Crippen LogP contribution in [0.25, 0.3) is 0 Å². The Bertz CT molecular complexity index is 338. The summed E-state index contributed by atoms with van der Waals surface area (Å²) < 4.78 is 4.58. The maximum absolute atomic E-state index is 10.9. The number of anilines is 1. The minimum atomic E-state index is -0.151. The van der Waals surface area contributed by atoms with Gasteiger partial charge in [-0.2, -0.15) is 0 Å². The van der Waals surface area contributed by atoms with E-state index in [1.54, 1.807) is 0 Å². The fraction of sp³-hybridized carbons (Fsp3) is 0.462. The number of carbonyl (C=O) groups excluding carboxylic acids is 1. The zero-order chi connectivity index (χ0) is 12.5. The summed E-state index contributed by atoms with van der Waals surface area (Å²) in [7, 11) is 1.42. The van der Waals surface area contributed by atoms with Crippen molar-refractivity contribution in [3.8, 4) is 0 Å². The molecule has 0 saturated heterocycles. The lowest BCUT2D eigenvalue weighted by Gasteiger charge is -2.06. The molecule has 0 saturated carbocycles. The van der Waals surface area contributed by atoms with Crippen molar-refractivity contribution < 1.29 is 9.53 Å². The average molecular weight is 253 g/mol. The Morgan fingerprint density at radius 3 is 2.65 bits per heavy atom. The highest BCUT2D eigenvalue weighted by Gasteiger charge is 1.99. The van der Waals surface area contributed by atoms with Gasteiger partial charge in [0.2, 0.25) is 0 Å². The Morgan fingerprint density at radius 1 is 1.35 bits per heavy atom. The molecule has 0 aliphatic carbocycles. The minimum absolute atomic E-state index is 0.151. The topological polar surface area (TPSA) is 38.3 Å². The van der Waals surface area contributed by atoms with E-state index in [4.69, 9.17) is 0 Å². The Balaban J connectivity index is 2.25. The number of nitrogens with one attached hydrogen (secondary N) is 1. The monoisotopic (exact) mass is 253 g/mol. The van der Waals surface area contributed by atoms with Gasteiger partial charge in [-0.1, -0.05) is 6.92 Å². The highest BCUT2D eigenvalue weighted by atomic mass is 32.2. The molecule has 0 fully saturated rings. The van der Waals surface area contributed by atoms with Crippen LogP contribution in [-0.4, -0.2) is 25.4 Å². The van der Waals surface area contributed by atoms with Crippen LogP contribution in [0, 0.1) is 0 Å². The second-order valence-electron chi connectivity index (χ2n) is 3.56. The molecular weight excluding hydrogens is 234 g/mol. The van der Waals surface area contributed by atoms with Crippen molar-refractivity contribution in [3.05, 3.63) is 24.3 Å². The smallest absolute Gasteiger partial charge is 0.305 e. The Hall–Kier alpha value is -1.16. The van der Waals surface area contributed by atoms with E-state index in [-0.39, 0.29) is 5.97 Å². The first kappa shape index (κ1) is 13.9. The van der Waals surface area contributed by atoms with Gasteiger partial charge in [-0.15, -0.1) is 11.8 Å². The molecule has 0 heterocycles. The van der Waals surface area contributed by atoms with Crippen LogP contribution in [0.1, 0.15) is 19.8 Å². The van der Waals surface area contributed by atoms with E-state index in [0.717, 1.165) is 24.4 Å². The van der Waals surface area contributed by atoms with E-state index in [0.29, 0.717) is 6.42 Å². The molecule has 0 atom stereocenters. The molecule has 0 unspecified atom stereocenters. The highest BCUT2D eigenvalue weighted by Crippen LogP contribution is 2.19. The second-order valence-corrected chi connectivity index (χ2v) is 4.90. The molecule has 0 amide bonds. The number of rotatable bonds is 7. The van der Waals surface area contributed by atoms with Crippen LogP contribution in [0.15, 0.2) is 29.2 Å². The van der Waals surface area contributed by atoms with Gasteiger partial charge in [-0.3, -0.25) is 4.79 Å². The van der Waals surface area contributed by atoms with Crippen molar-refractivity contribution in [2.24, 2.45) is 0 Å². The third kappa shape index (κ3) is 5.63. The predicted molar refractivity (Wildman–Crippen MR) is 72.6 cm³/mol. The maximum Gasteiger partial charge on any atom is 0.305 e. The summed E-state index contributed by atoms with van der Waals surface area (Å²) in [6.45, 7) is 2.93. The van der Waals surface area contributed by atoms with Crippen molar-refractivity contribution in [2.45, 2.75) is 24.7 Å². The van der Waals surface area contributed by atoms with Gasteiger partial charge < -0.3 is 10.1 Å². The molecule has 1 aromatic carbocycles.